The lowest BCUT2D eigenvalue weighted by Crippen LogP contribution is -2.20. The average molecular weight is 292 g/mol. The number of esters is 2. The van der Waals surface area contributed by atoms with Gasteiger partial charge in [0.1, 0.15) is 12.2 Å². The maximum absolute atomic E-state index is 11.6. The van der Waals surface area contributed by atoms with E-state index in [1.54, 1.807) is 0 Å². The van der Waals surface area contributed by atoms with Crippen LogP contribution in [0.1, 0.15) is 64.2 Å². The zero-order valence-electron chi connectivity index (χ0n) is 12.5. The fourth-order valence-electron chi connectivity index (χ4n) is 2.94. The van der Waals surface area contributed by atoms with E-state index in [0.717, 1.165) is 51.4 Å². The molecular formula is C17H24O4. The second kappa shape index (κ2) is 8.68. The van der Waals surface area contributed by atoms with Gasteiger partial charge in [0, 0.05) is 0 Å². The highest BCUT2D eigenvalue weighted by Crippen LogP contribution is 2.21. The third kappa shape index (κ3) is 6.17. The molecule has 0 aromatic carbocycles. The molecule has 4 heteroatoms. The Labute approximate surface area is 126 Å². The van der Waals surface area contributed by atoms with E-state index < -0.39 is 11.9 Å². The van der Waals surface area contributed by atoms with Gasteiger partial charge in [-0.05, 0) is 51.4 Å². The van der Waals surface area contributed by atoms with Gasteiger partial charge in [-0.15, -0.1) is 5.73 Å². The second-order valence-corrected chi connectivity index (χ2v) is 5.85. The van der Waals surface area contributed by atoms with Gasteiger partial charge >= 0.3 is 11.9 Å². The molecule has 0 spiro atoms. The van der Waals surface area contributed by atoms with E-state index in [9.17, 15) is 9.59 Å². The average Bonchev–Trinajstić information content (AvgIpc) is 2.49. The molecule has 0 amide bonds. The summed E-state index contributed by atoms with van der Waals surface area (Å²) in [5.74, 6) is -0.854. The van der Waals surface area contributed by atoms with Crippen LogP contribution in [-0.4, -0.2) is 24.1 Å². The maximum atomic E-state index is 11.6. The number of rotatable bonds is 4. The van der Waals surface area contributed by atoms with E-state index in [-0.39, 0.29) is 12.2 Å². The largest absolute Gasteiger partial charge is 0.459 e. The van der Waals surface area contributed by atoms with Crippen molar-refractivity contribution in [3.8, 4) is 0 Å². The van der Waals surface area contributed by atoms with E-state index in [0.29, 0.717) is 0 Å². The Hall–Kier alpha value is -1.54. The molecule has 2 rings (SSSR count). The van der Waals surface area contributed by atoms with E-state index in [2.05, 4.69) is 5.73 Å². The van der Waals surface area contributed by atoms with Crippen LogP contribution in [0.25, 0.3) is 0 Å². The number of hydrogen-bond acceptors (Lipinski definition) is 4. The first-order valence-electron chi connectivity index (χ1n) is 8.08. The molecule has 0 aromatic rings. The molecule has 116 valence electrons. The van der Waals surface area contributed by atoms with Crippen LogP contribution in [0, 0.1) is 0 Å². The molecule has 2 aliphatic rings. The Morgan fingerprint density at radius 2 is 1.10 bits per heavy atom. The summed E-state index contributed by atoms with van der Waals surface area (Å²) in [6, 6.07) is 0. The number of carbonyl (C=O) groups is 2. The lowest BCUT2D eigenvalue weighted by Gasteiger charge is -2.20. The summed E-state index contributed by atoms with van der Waals surface area (Å²) in [5, 5.41) is 0. The fourth-order valence-corrected chi connectivity index (χ4v) is 2.94. The van der Waals surface area contributed by atoms with Crippen molar-refractivity contribution in [2.45, 2.75) is 76.4 Å². The first-order chi connectivity index (χ1) is 10.2. The van der Waals surface area contributed by atoms with Gasteiger partial charge in [0.2, 0.25) is 0 Å². The summed E-state index contributed by atoms with van der Waals surface area (Å²) in [7, 11) is 0. The number of hydrogen-bond donors (Lipinski definition) is 0. The van der Waals surface area contributed by atoms with Crippen LogP contribution in [0.15, 0.2) is 17.9 Å². The standard InChI is InChI=1S/C17H24O4/c18-16(20-14-8-3-1-4-9-14)12-7-13-17(19)21-15-10-5-2-6-11-15/h12-15H,1-6,8-11H2. The Morgan fingerprint density at radius 3 is 1.48 bits per heavy atom. The van der Waals surface area contributed by atoms with Gasteiger partial charge < -0.3 is 9.47 Å². The minimum atomic E-state index is -0.427. The van der Waals surface area contributed by atoms with Crippen LogP contribution < -0.4 is 0 Å². The first kappa shape index (κ1) is 15.8. The number of ether oxygens (including phenoxy) is 2. The molecule has 0 saturated heterocycles. The third-order valence-electron chi connectivity index (χ3n) is 4.07. The van der Waals surface area contributed by atoms with Crippen LogP contribution in [0.4, 0.5) is 0 Å². The van der Waals surface area contributed by atoms with Crippen molar-refractivity contribution in [1.82, 2.24) is 0 Å². The van der Waals surface area contributed by atoms with E-state index >= 15 is 0 Å². The molecule has 0 radical (unpaired) electrons. The molecule has 0 unspecified atom stereocenters. The van der Waals surface area contributed by atoms with Crippen molar-refractivity contribution in [2.75, 3.05) is 0 Å². The quantitative estimate of drug-likeness (QED) is 0.452. The van der Waals surface area contributed by atoms with Crippen LogP contribution in [0.2, 0.25) is 0 Å². The Kier molecular flexibility index (Phi) is 6.55. The van der Waals surface area contributed by atoms with Crippen LogP contribution in [-0.2, 0) is 19.1 Å². The molecule has 2 saturated carbocycles. The molecule has 0 atom stereocenters. The first-order valence-corrected chi connectivity index (χ1v) is 8.08. The Morgan fingerprint density at radius 1 is 0.714 bits per heavy atom. The summed E-state index contributed by atoms with van der Waals surface area (Å²) in [6.07, 6.45) is 13.1. The summed E-state index contributed by atoms with van der Waals surface area (Å²) in [4.78, 5) is 23.1. The number of carbonyl (C=O) groups excluding carboxylic acids is 2. The molecule has 0 aromatic heterocycles. The second-order valence-electron chi connectivity index (χ2n) is 5.85. The van der Waals surface area contributed by atoms with Crippen molar-refractivity contribution in [3.05, 3.63) is 17.9 Å². The monoisotopic (exact) mass is 292 g/mol. The van der Waals surface area contributed by atoms with Crippen molar-refractivity contribution >= 4 is 11.9 Å². The molecule has 2 aliphatic carbocycles. The normalized spacial score (nSPS) is 20.2. The van der Waals surface area contributed by atoms with Crippen molar-refractivity contribution in [3.63, 3.8) is 0 Å². The maximum Gasteiger partial charge on any atom is 0.338 e. The van der Waals surface area contributed by atoms with Gasteiger partial charge in [-0.1, -0.05) is 12.8 Å². The molecule has 0 heterocycles. The van der Waals surface area contributed by atoms with E-state index in [4.69, 9.17) is 9.47 Å². The third-order valence-corrected chi connectivity index (χ3v) is 4.07. The van der Waals surface area contributed by atoms with Gasteiger partial charge in [-0.25, -0.2) is 9.59 Å². The molecule has 4 nitrogen and oxygen atoms in total. The zero-order valence-corrected chi connectivity index (χ0v) is 12.5. The molecule has 0 aliphatic heterocycles. The SMILES string of the molecule is O=C(C=C=CC(=O)OC1CCCCC1)OC1CCCCC1. The predicted octanol–water partition coefficient (Wildman–Crippen LogP) is 3.45. The van der Waals surface area contributed by atoms with Crippen LogP contribution in [0.3, 0.4) is 0 Å². The molecule has 0 bridgehead atoms. The zero-order chi connectivity index (χ0) is 14.9. The van der Waals surface area contributed by atoms with E-state index in [1.807, 2.05) is 0 Å². The molecular weight excluding hydrogens is 268 g/mol. The van der Waals surface area contributed by atoms with Gasteiger partial charge in [-0.2, -0.15) is 0 Å². The van der Waals surface area contributed by atoms with Crippen molar-refractivity contribution < 1.29 is 19.1 Å². The van der Waals surface area contributed by atoms with Crippen LogP contribution >= 0.6 is 0 Å². The van der Waals surface area contributed by atoms with Gasteiger partial charge in [-0.3, -0.25) is 0 Å². The highest BCUT2D eigenvalue weighted by molar-refractivity contribution is 5.85. The summed E-state index contributed by atoms with van der Waals surface area (Å²) < 4.78 is 10.6. The smallest absolute Gasteiger partial charge is 0.338 e. The van der Waals surface area contributed by atoms with Gasteiger partial charge in [0.25, 0.3) is 0 Å². The van der Waals surface area contributed by atoms with Gasteiger partial charge in [0.05, 0.1) is 12.2 Å². The summed E-state index contributed by atoms with van der Waals surface area (Å²) in [6.45, 7) is 0. The van der Waals surface area contributed by atoms with E-state index in [1.165, 1.54) is 25.0 Å². The van der Waals surface area contributed by atoms with Crippen LogP contribution in [0.5, 0.6) is 0 Å². The Balaban J connectivity index is 1.70. The van der Waals surface area contributed by atoms with Crippen molar-refractivity contribution in [1.29, 1.82) is 0 Å². The minimum Gasteiger partial charge on any atom is -0.459 e. The van der Waals surface area contributed by atoms with Gasteiger partial charge in [0.15, 0.2) is 0 Å². The minimum absolute atomic E-state index is 0.0264. The highest BCUT2D eigenvalue weighted by atomic mass is 16.5. The van der Waals surface area contributed by atoms with Crippen molar-refractivity contribution in [2.24, 2.45) is 0 Å². The topological polar surface area (TPSA) is 52.6 Å². The molecule has 21 heavy (non-hydrogen) atoms. The predicted molar refractivity (Wildman–Crippen MR) is 78.6 cm³/mol. The molecule has 2 fully saturated rings. The highest BCUT2D eigenvalue weighted by Gasteiger charge is 2.17. The molecule has 0 N–H and O–H groups in total. The summed E-state index contributed by atoms with van der Waals surface area (Å²) in [5.41, 5.74) is 2.57. The summed E-state index contributed by atoms with van der Waals surface area (Å²) >= 11 is 0. The lowest BCUT2D eigenvalue weighted by molar-refractivity contribution is -0.144. The fraction of sp³-hybridized carbons (Fsp3) is 0.706. The lowest BCUT2D eigenvalue weighted by atomic mass is 9.98. The Bertz CT molecular complexity index is 373.